The molecule has 1 unspecified atom stereocenters. The van der Waals surface area contributed by atoms with Gasteiger partial charge in [0.15, 0.2) is 11.7 Å². The zero-order chi connectivity index (χ0) is 18.8. The topological polar surface area (TPSA) is 88.4 Å². The van der Waals surface area contributed by atoms with Crippen molar-refractivity contribution in [2.75, 3.05) is 13.2 Å². The molecular weight excluding hydrogens is 334 g/mol. The summed E-state index contributed by atoms with van der Waals surface area (Å²) in [7, 11) is 0. The average molecular weight is 354 g/mol. The van der Waals surface area contributed by atoms with Gasteiger partial charge in [0, 0.05) is 18.7 Å². The minimum Gasteiger partial charge on any atom is -0.435 e. The van der Waals surface area contributed by atoms with Crippen LogP contribution in [0.1, 0.15) is 30.6 Å². The Morgan fingerprint density at radius 1 is 1.24 bits per heavy atom. The maximum Gasteiger partial charge on any atom is 0.387 e. The Bertz CT molecular complexity index is 612. The molecule has 0 saturated heterocycles. The number of amides is 1. The number of rotatable bonds is 10. The summed E-state index contributed by atoms with van der Waals surface area (Å²) in [6, 6.07) is 6.47. The molecule has 0 fully saturated rings. The van der Waals surface area contributed by atoms with E-state index < -0.39 is 24.2 Å². The summed E-state index contributed by atoms with van der Waals surface area (Å²) in [6.07, 6.45) is 0.636. The predicted octanol–water partition coefficient (Wildman–Crippen LogP) is 2.54. The Kier molecular flexibility index (Phi) is 8.50. The Morgan fingerprint density at radius 3 is 2.40 bits per heavy atom. The van der Waals surface area contributed by atoms with Crippen LogP contribution in [-0.2, 0) is 9.53 Å². The van der Waals surface area contributed by atoms with Crippen LogP contribution in [0.25, 0.3) is 0 Å². The first kappa shape index (κ1) is 20.5. The molecule has 1 amide bonds. The fraction of sp³-hybridized carbons (Fsp3) is 0.471. The first-order chi connectivity index (χ1) is 11.8. The van der Waals surface area contributed by atoms with Gasteiger partial charge < -0.3 is 14.8 Å². The van der Waals surface area contributed by atoms with E-state index in [9.17, 15) is 18.4 Å². The van der Waals surface area contributed by atoms with Crippen molar-refractivity contribution in [2.24, 2.45) is 5.92 Å². The quantitative estimate of drug-likeness (QED) is 0.396. The molecule has 0 aliphatic rings. The highest BCUT2D eigenvalue weighted by molar-refractivity contribution is 6.12. The lowest BCUT2D eigenvalue weighted by atomic mass is 9.98. The Morgan fingerprint density at radius 2 is 1.88 bits per heavy atom. The van der Waals surface area contributed by atoms with Gasteiger partial charge in [0.1, 0.15) is 5.75 Å². The SMILES string of the molecule is CC(C)OCCCNC(=O)C(C#N)C(=O)c1ccc(OC(F)F)cc1. The van der Waals surface area contributed by atoms with Crippen LogP contribution < -0.4 is 10.1 Å². The molecule has 0 aliphatic heterocycles. The smallest absolute Gasteiger partial charge is 0.387 e. The fourth-order valence-corrected chi connectivity index (χ4v) is 1.91. The molecule has 0 spiro atoms. The van der Waals surface area contributed by atoms with E-state index in [2.05, 4.69) is 10.1 Å². The number of nitrogens with zero attached hydrogens (tertiary/aromatic N) is 1. The van der Waals surface area contributed by atoms with Crippen molar-refractivity contribution in [2.45, 2.75) is 33.0 Å². The monoisotopic (exact) mass is 354 g/mol. The molecule has 0 aliphatic carbocycles. The number of hydrogen-bond acceptors (Lipinski definition) is 5. The normalized spacial score (nSPS) is 11.9. The van der Waals surface area contributed by atoms with Crippen LogP contribution in [0.15, 0.2) is 24.3 Å². The number of benzene rings is 1. The first-order valence-corrected chi connectivity index (χ1v) is 7.73. The molecule has 25 heavy (non-hydrogen) atoms. The maximum atomic E-state index is 12.2. The number of nitriles is 1. The van der Waals surface area contributed by atoms with E-state index >= 15 is 0 Å². The summed E-state index contributed by atoms with van der Waals surface area (Å²) in [4.78, 5) is 24.2. The summed E-state index contributed by atoms with van der Waals surface area (Å²) in [5.41, 5.74) is 0.0615. The van der Waals surface area contributed by atoms with E-state index in [4.69, 9.17) is 10.00 Å². The van der Waals surface area contributed by atoms with E-state index in [0.29, 0.717) is 13.0 Å². The molecule has 0 bridgehead atoms. The summed E-state index contributed by atoms with van der Waals surface area (Å²) < 4.78 is 33.7. The van der Waals surface area contributed by atoms with Crippen molar-refractivity contribution in [3.8, 4) is 11.8 Å². The number of ether oxygens (including phenoxy) is 2. The molecular formula is C17H20F2N2O4. The molecule has 1 rings (SSSR count). The minimum absolute atomic E-state index is 0.0615. The average Bonchev–Trinajstić information content (AvgIpc) is 2.55. The molecule has 1 aromatic rings. The van der Waals surface area contributed by atoms with Gasteiger partial charge in [-0.2, -0.15) is 14.0 Å². The van der Waals surface area contributed by atoms with E-state index in [1.807, 2.05) is 13.8 Å². The highest BCUT2D eigenvalue weighted by Crippen LogP contribution is 2.17. The van der Waals surface area contributed by atoms with Gasteiger partial charge in [-0.3, -0.25) is 9.59 Å². The highest BCUT2D eigenvalue weighted by Gasteiger charge is 2.27. The third-order valence-corrected chi connectivity index (χ3v) is 3.09. The van der Waals surface area contributed by atoms with Gasteiger partial charge in [0.2, 0.25) is 5.91 Å². The second-order valence-electron chi connectivity index (χ2n) is 5.39. The van der Waals surface area contributed by atoms with Crippen LogP contribution in [0.5, 0.6) is 5.75 Å². The fourth-order valence-electron chi connectivity index (χ4n) is 1.91. The van der Waals surface area contributed by atoms with Crippen molar-refractivity contribution in [1.82, 2.24) is 5.32 Å². The molecule has 0 saturated carbocycles. The van der Waals surface area contributed by atoms with E-state index in [1.165, 1.54) is 24.3 Å². The second kappa shape index (κ2) is 10.4. The van der Waals surface area contributed by atoms with E-state index in [0.717, 1.165) is 0 Å². The number of hydrogen-bond donors (Lipinski definition) is 1. The molecule has 136 valence electrons. The predicted molar refractivity (Wildman–Crippen MR) is 85.2 cm³/mol. The van der Waals surface area contributed by atoms with Crippen LogP contribution >= 0.6 is 0 Å². The van der Waals surface area contributed by atoms with Crippen LogP contribution in [0.3, 0.4) is 0 Å². The van der Waals surface area contributed by atoms with Gasteiger partial charge >= 0.3 is 6.61 Å². The van der Waals surface area contributed by atoms with Crippen LogP contribution in [0.4, 0.5) is 8.78 Å². The molecule has 8 heteroatoms. The molecule has 0 aromatic heterocycles. The highest BCUT2D eigenvalue weighted by atomic mass is 19.3. The van der Waals surface area contributed by atoms with Crippen molar-refractivity contribution in [3.05, 3.63) is 29.8 Å². The lowest BCUT2D eigenvalue weighted by Gasteiger charge is -2.11. The molecule has 1 N–H and O–H groups in total. The number of carbonyl (C=O) groups is 2. The van der Waals surface area contributed by atoms with Gasteiger partial charge in [-0.25, -0.2) is 0 Å². The summed E-state index contributed by atoms with van der Waals surface area (Å²) >= 11 is 0. The summed E-state index contributed by atoms with van der Waals surface area (Å²) in [5.74, 6) is -3.03. The number of nitrogens with one attached hydrogen (secondary N) is 1. The van der Waals surface area contributed by atoms with Crippen LogP contribution in [0.2, 0.25) is 0 Å². The summed E-state index contributed by atoms with van der Waals surface area (Å²) in [5, 5.41) is 11.6. The Labute approximate surface area is 144 Å². The van der Waals surface area contributed by atoms with Gasteiger partial charge in [-0.1, -0.05) is 0 Å². The molecule has 1 aromatic carbocycles. The van der Waals surface area contributed by atoms with Crippen molar-refractivity contribution in [1.29, 1.82) is 5.26 Å². The number of carbonyl (C=O) groups excluding carboxylic acids is 2. The Balaban J connectivity index is 2.58. The second-order valence-corrected chi connectivity index (χ2v) is 5.39. The molecule has 1 atom stereocenters. The number of alkyl halides is 2. The first-order valence-electron chi connectivity index (χ1n) is 7.73. The lowest BCUT2D eigenvalue weighted by molar-refractivity contribution is -0.122. The van der Waals surface area contributed by atoms with Crippen LogP contribution in [-0.4, -0.2) is 37.6 Å². The third kappa shape index (κ3) is 7.27. The number of halogens is 2. The number of Topliss-reactive ketones (excluding diaryl/α,β-unsaturated/α-hetero) is 1. The van der Waals surface area contributed by atoms with Gasteiger partial charge in [-0.05, 0) is 44.5 Å². The van der Waals surface area contributed by atoms with Gasteiger partial charge in [0.25, 0.3) is 0 Å². The van der Waals surface area contributed by atoms with E-state index in [1.54, 1.807) is 6.07 Å². The standard InChI is InChI=1S/C17H20F2N2O4/c1-11(2)24-9-3-8-21-16(23)14(10-20)15(22)12-4-6-13(7-5-12)25-17(18)19/h4-7,11,14,17H,3,8-9H2,1-2H3,(H,21,23). The zero-order valence-corrected chi connectivity index (χ0v) is 14.0. The van der Waals surface area contributed by atoms with Gasteiger partial charge in [-0.15, -0.1) is 0 Å². The zero-order valence-electron chi connectivity index (χ0n) is 14.0. The Hall–Kier alpha value is -2.53. The largest absolute Gasteiger partial charge is 0.435 e. The molecule has 6 nitrogen and oxygen atoms in total. The maximum absolute atomic E-state index is 12.2. The molecule has 0 heterocycles. The van der Waals surface area contributed by atoms with Crippen molar-refractivity contribution < 1.29 is 27.8 Å². The summed E-state index contributed by atoms with van der Waals surface area (Å²) in [6.45, 7) is 1.53. The van der Waals surface area contributed by atoms with Gasteiger partial charge in [0.05, 0.1) is 12.2 Å². The third-order valence-electron chi connectivity index (χ3n) is 3.09. The van der Waals surface area contributed by atoms with Crippen molar-refractivity contribution in [3.63, 3.8) is 0 Å². The molecule has 0 radical (unpaired) electrons. The van der Waals surface area contributed by atoms with Crippen LogP contribution in [0, 0.1) is 17.2 Å². The number of ketones is 1. The van der Waals surface area contributed by atoms with Crippen molar-refractivity contribution >= 4 is 11.7 Å². The van der Waals surface area contributed by atoms with E-state index in [-0.39, 0.29) is 24.0 Å². The lowest BCUT2D eigenvalue weighted by Crippen LogP contribution is -2.35. The minimum atomic E-state index is -2.97.